The van der Waals surface area contributed by atoms with Crippen LogP contribution in [0.4, 0.5) is 5.69 Å². The van der Waals surface area contributed by atoms with Gasteiger partial charge in [-0.3, -0.25) is 9.59 Å². The summed E-state index contributed by atoms with van der Waals surface area (Å²) in [5.74, 6) is 0.148. The summed E-state index contributed by atoms with van der Waals surface area (Å²) >= 11 is 3.35. The summed E-state index contributed by atoms with van der Waals surface area (Å²) in [5, 5.41) is 5.53. The molecule has 5 nitrogen and oxygen atoms in total. The maximum Gasteiger partial charge on any atom is 0.291 e. The summed E-state index contributed by atoms with van der Waals surface area (Å²) in [5.41, 5.74) is 2.33. The Hall–Kier alpha value is -2.86. The van der Waals surface area contributed by atoms with E-state index in [0.717, 1.165) is 10.0 Å². The van der Waals surface area contributed by atoms with Gasteiger partial charge in [0.25, 0.3) is 11.8 Å². The Morgan fingerprint density at radius 2 is 1.77 bits per heavy atom. The lowest BCUT2D eigenvalue weighted by Crippen LogP contribution is -2.22. The zero-order valence-corrected chi connectivity index (χ0v) is 15.7. The van der Waals surface area contributed by atoms with Crippen molar-refractivity contribution in [2.45, 2.75) is 13.5 Å². The molecule has 1 aromatic heterocycles. The van der Waals surface area contributed by atoms with E-state index >= 15 is 0 Å². The lowest BCUT2D eigenvalue weighted by Gasteiger charge is -2.04. The van der Waals surface area contributed by atoms with Crippen LogP contribution < -0.4 is 10.6 Å². The number of amides is 2. The number of hydrogen-bond acceptors (Lipinski definition) is 3. The molecule has 3 rings (SSSR count). The molecule has 0 aliphatic rings. The van der Waals surface area contributed by atoms with Crippen molar-refractivity contribution in [3.63, 3.8) is 0 Å². The van der Waals surface area contributed by atoms with Crippen LogP contribution in [-0.2, 0) is 6.54 Å². The summed E-state index contributed by atoms with van der Waals surface area (Å²) in [6, 6.07) is 17.8. The minimum absolute atomic E-state index is 0.185. The first kappa shape index (κ1) is 17.9. The molecule has 1 heterocycles. The van der Waals surface area contributed by atoms with Crippen LogP contribution in [0.15, 0.2) is 69.6 Å². The molecule has 0 spiro atoms. The van der Waals surface area contributed by atoms with Gasteiger partial charge in [-0.15, -0.1) is 0 Å². The summed E-state index contributed by atoms with van der Waals surface area (Å²) < 4.78 is 6.38. The van der Waals surface area contributed by atoms with Crippen molar-refractivity contribution in [1.29, 1.82) is 0 Å². The van der Waals surface area contributed by atoms with E-state index in [1.165, 1.54) is 0 Å². The molecule has 0 aliphatic carbocycles. The highest BCUT2D eigenvalue weighted by atomic mass is 79.9. The van der Waals surface area contributed by atoms with E-state index in [1.807, 2.05) is 31.2 Å². The Bertz CT molecular complexity index is 932. The summed E-state index contributed by atoms with van der Waals surface area (Å²) in [6.45, 7) is 2.17. The molecule has 2 N–H and O–H groups in total. The van der Waals surface area contributed by atoms with Crippen LogP contribution in [0.3, 0.4) is 0 Å². The normalized spacial score (nSPS) is 10.4. The second kappa shape index (κ2) is 8.01. The maximum absolute atomic E-state index is 12.2. The molecule has 0 bridgehead atoms. The number of furan rings is 1. The molecule has 2 amide bonds. The second-order valence-electron chi connectivity index (χ2n) is 5.78. The average molecular weight is 413 g/mol. The minimum Gasteiger partial charge on any atom is -0.454 e. The molecule has 6 heteroatoms. The van der Waals surface area contributed by atoms with Gasteiger partial charge in [-0.2, -0.15) is 0 Å². The fourth-order valence-electron chi connectivity index (χ4n) is 2.33. The molecule has 26 heavy (non-hydrogen) atoms. The van der Waals surface area contributed by atoms with Crippen LogP contribution in [0, 0.1) is 6.92 Å². The van der Waals surface area contributed by atoms with Crippen LogP contribution in [0.25, 0.3) is 0 Å². The number of carbonyl (C=O) groups is 2. The molecule has 0 unspecified atom stereocenters. The number of aryl methyl sites for hydroxylation is 1. The molecule has 0 fully saturated rings. The van der Waals surface area contributed by atoms with Gasteiger partial charge < -0.3 is 15.1 Å². The van der Waals surface area contributed by atoms with Crippen molar-refractivity contribution in [1.82, 2.24) is 5.32 Å². The van der Waals surface area contributed by atoms with E-state index < -0.39 is 0 Å². The first-order valence-electron chi connectivity index (χ1n) is 8.02. The minimum atomic E-state index is -0.348. The fraction of sp³-hybridized carbons (Fsp3) is 0.100. The maximum atomic E-state index is 12.2. The Kier molecular flexibility index (Phi) is 5.53. The lowest BCUT2D eigenvalue weighted by molar-refractivity contribution is 0.0948. The van der Waals surface area contributed by atoms with Crippen molar-refractivity contribution < 1.29 is 14.0 Å². The predicted octanol–water partition coefficient (Wildman–Crippen LogP) is 4.53. The topological polar surface area (TPSA) is 71.3 Å². The molecular formula is C20H17BrN2O3. The molecule has 0 radical (unpaired) electrons. The molecule has 0 saturated heterocycles. The van der Waals surface area contributed by atoms with Crippen LogP contribution in [-0.4, -0.2) is 11.8 Å². The van der Waals surface area contributed by atoms with Crippen molar-refractivity contribution >= 4 is 33.4 Å². The summed E-state index contributed by atoms with van der Waals surface area (Å²) in [4.78, 5) is 24.3. The van der Waals surface area contributed by atoms with Gasteiger partial charge in [-0.05, 0) is 49.4 Å². The van der Waals surface area contributed by atoms with Crippen LogP contribution in [0.5, 0.6) is 0 Å². The Balaban J connectivity index is 1.58. The third-order valence-corrected chi connectivity index (χ3v) is 4.20. The third-order valence-electron chi connectivity index (χ3n) is 3.70. The van der Waals surface area contributed by atoms with Crippen LogP contribution >= 0.6 is 15.9 Å². The Morgan fingerprint density at radius 3 is 2.50 bits per heavy atom. The number of hydrogen-bond donors (Lipinski definition) is 2. The second-order valence-corrected chi connectivity index (χ2v) is 6.69. The quantitative estimate of drug-likeness (QED) is 0.646. The molecule has 0 aliphatic heterocycles. The smallest absolute Gasteiger partial charge is 0.291 e. The zero-order chi connectivity index (χ0) is 18.5. The van der Waals surface area contributed by atoms with Gasteiger partial charge in [0.15, 0.2) is 5.76 Å². The summed E-state index contributed by atoms with van der Waals surface area (Å²) in [7, 11) is 0. The monoisotopic (exact) mass is 412 g/mol. The van der Waals surface area contributed by atoms with Gasteiger partial charge in [-0.1, -0.05) is 39.7 Å². The molecule has 0 atom stereocenters. The van der Waals surface area contributed by atoms with E-state index in [1.54, 1.807) is 36.4 Å². The number of rotatable bonds is 5. The first-order valence-corrected chi connectivity index (χ1v) is 8.81. The molecule has 132 valence electrons. The molecular weight excluding hydrogens is 396 g/mol. The van der Waals surface area contributed by atoms with E-state index in [-0.39, 0.29) is 24.1 Å². The largest absolute Gasteiger partial charge is 0.454 e. The van der Waals surface area contributed by atoms with E-state index in [0.29, 0.717) is 17.0 Å². The van der Waals surface area contributed by atoms with Crippen LogP contribution in [0.2, 0.25) is 0 Å². The predicted molar refractivity (Wildman–Crippen MR) is 103 cm³/mol. The van der Waals surface area contributed by atoms with Crippen molar-refractivity contribution in [3.8, 4) is 0 Å². The van der Waals surface area contributed by atoms with Gasteiger partial charge in [0.2, 0.25) is 0 Å². The number of halogens is 1. The first-order chi connectivity index (χ1) is 12.5. The fourth-order valence-corrected chi connectivity index (χ4v) is 2.73. The number of benzene rings is 2. The molecule has 2 aromatic carbocycles. The number of nitrogens with one attached hydrogen (secondary N) is 2. The molecule has 3 aromatic rings. The van der Waals surface area contributed by atoms with Crippen molar-refractivity contribution in [3.05, 3.63) is 87.8 Å². The lowest BCUT2D eigenvalue weighted by atomic mass is 10.1. The Morgan fingerprint density at radius 1 is 1.00 bits per heavy atom. The summed E-state index contributed by atoms with van der Waals surface area (Å²) in [6.07, 6.45) is 0. The van der Waals surface area contributed by atoms with Gasteiger partial charge in [0.05, 0.1) is 6.54 Å². The van der Waals surface area contributed by atoms with Crippen LogP contribution in [0.1, 0.15) is 32.2 Å². The zero-order valence-electron chi connectivity index (χ0n) is 14.1. The van der Waals surface area contributed by atoms with Gasteiger partial charge in [-0.25, -0.2) is 0 Å². The number of carbonyl (C=O) groups excluding carboxylic acids is 2. The van der Waals surface area contributed by atoms with Gasteiger partial charge in [0.1, 0.15) is 5.76 Å². The highest BCUT2D eigenvalue weighted by Crippen LogP contribution is 2.17. The SMILES string of the molecule is Cc1ccc(C(=O)NCc2ccc(C(=O)Nc3cccc(Br)c3)o2)cc1. The Labute approximate surface area is 159 Å². The average Bonchev–Trinajstić information content (AvgIpc) is 3.09. The van der Waals surface area contributed by atoms with Gasteiger partial charge in [0, 0.05) is 15.7 Å². The highest BCUT2D eigenvalue weighted by molar-refractivity contribution is 9.10. The van der Waals surface area contributed by atoms with E-state index in [4.69, 9.17) is 4.42 Å². The standard InChI is InChI=1S/C20H17BrN2O3/c1-13-5-7-14(8-6-13)19(24)22-12-17-9-10-18(26-17)20(25)23-16-4-2-3-15(21)11-16/h2-11H,12H2,1H3,(H,22,24)(H,23,25). The van der Waals surface area contributed by atoms with E-state index in [2.05, 4.69) is 26.6 Å². The van der Waals surface area contributed by atoms with Crippen molar-refractivity contribution in [2.75, 3.05) is 5.32 Å². The van der Waals surface area contributed by atoms with Gasteiger partial charge >= 0.3 is 0 Å². The number of anilines is 1. The molecule has 0 saturated carbocycles. The van der Waals surface area contributed by atoms with E-state index in [9.17, 15) is 9.59 Å². The third kappa shape index (κ3) is 4.61. The highest BCUT2D eigenvalue weighted by Gasteiger charge is 2.13. The van der Waals surface area contributed by atoms with Crippen molar-refractivity contribution in [2.24, 2.45) is 0 Å².